The number of aryl methyl sites for hydroxylation is 2. The smallest absolute Gasteiger partial charge is 0.200 e. The molecule has 0 spiro atoms. The van der Waals surface area contributed by atoms with Gasteiger partial charge in [0.25, 0.3) is 0 Å². The van der Waals surface area contributed by atoms with Gasteiger partial charge in [0.1, 0.15) is 0 Å². The Balaban J connectivity index is 2.40. The van der Waals surface area contributed by atoms with Crippen molar-refractivity contribution in [3.05, 3.63) is 64.8 Å². The van der Waals surface area contributed by atoms with E-state index < -0.39 is 9.84 Å². The molecule has 1 heterocycles. The molecule has 0 radical (unpaired) electrons. The molecule has 2 aromatic rings. The van der Waals surface area contributed by atoms with Gasteiger partial charge in [-0.15, -0.1) is 0 Å². The van der Waals surface area contributed by atoms with Crippen LogP contribution in [-0.4, -0.2) is 13.4 Å². The third kappa shape index (κ3) is 3.33. The Hall–Kier alpha value is -1.94. The zero-order valence-electron chi connectivity index (χ0n) is 11.8. The van der Waals surface area contributed by atoms with Crippen molar-refractivity contribution in [2.24, 2.45) is 0 Å². The van der Waals surface area contributed by atoms with E-state index in [1.165, 1.54) is 5.41 Å². The van der Waals surface area contributed by atoms with Gasteiger partial charge < -0.3 is 0 Å². The highest BCUT2D eigenvalue weighted by molar-refractivity contribution is 7.94. The van der Waals surface area contributed by atoms with Crippen molar-refractivity contribution in [3.63, 3.8) is 0 Å². The molecule has 104 valence electrons. The van der Waals surface area contributed by atoms with Crippen LogP contribution in [-0.2, 0) is 9.84 Å². The van der Waals surface area contributed by atoms with E-state index >= 15 is 0 Å². The van der Waals surface area contributed by atoms with E-state index in [0.717, 1.165) is 11.1 Å². The van der Waals surface area contributed by atoms with E-state index in [9.17, 15) is 8.42 Å². The van der Waals surface area contributed by atoms with Gasteiger partial charge in [0.05, 0.1) is 10.6 Å². The van der Waals surface area contributed by atoms with Gasteiger partial charge in [-0.25, -0.2) is 8.42 Å². The number of hydrogen-bond donors (Lipinski definition) is 0. The van der Waals surface area contributed by atoms with Crippen molar-refractivity contribution in [2.45, 2.75) is 25.7 Å². The van der Waals surface area contributed by atoms with Crippen LogP contribution in [0, 0.1) is 13.8 Å². The van der Waals surface area contributed by atoms with Crippen molar-refractivity contribution < 1.29 is 8.42 Å². The molecule has 0 atom stereocenters. The molecule has 0 amide bonds. The number of sulfone groups is 1. The Morgan fingerprint density at radius 2 is 1.70 bits per heavy atom. The van der Waals surface area contributed by atoms with E-state index in [4.69, 9.17) is 0 Å². The number of hydrogen-bond acceptors (Lipinski definition) is 3. The molecule has 20 heavy (non-hydrogen) atoms. The lowest BCUT2D eigenvalue weighted by Gasteiger charge is -2.04. The quantitative estimate of drug-likeness (QED) is 0.867. The maximum Gasteiger partial charge on any atom is 0.200 e. The van der Waals surface area contributed by atoms with E-state index in [1.807, 2.05) is 26.0 Å². The molecule has 0 aliphatic rings. The Bertz CT molecular complexity index is 744. The summed E-state index contributed by atoms with van der Waals surface area (Å²) in [6, 6.07) is 10.6. The van der Waals surface area contributed by atoms with Crippen LogP contribution in [0.5, 0.6) is 0 Å². The molecule has 1 aromatic carbocycles. The first-order valence-electron chi connectivity index (χ1n) is 6.31. The van der Waals surface area contributed by atoms with Crippen LogP contribution in [0.25, 0.3) is 5.57 Å². The van der Waals surface area contributed by atoms with E-state index in [-0.39, 0.29) is 0 Å². The number of nitrogens with zero attached hydrogens (tertiary/aromatic N) is 1. The molecule has 0 saturated carbocycles. The lowest BCUT2D eigenvalue weighted by Crippen LogP contribution is -1.98. The lowest BCUT2D eigenvalue weighted by atomic mass is 10.2. The first-order chi connectivity index (χ1) is 9.38. The Kier molecular flexibility index (Phi) is 4.04. The molecule has 0 saturated heterocycles. The van der Waals surface area contributed by atoms with Gasteiger partial charge in [-0.1, -0.05) is 17.7 Å². The highest BCUT2D eigenvalue weighted by atomic mass is 32.2. The molecule has 0 aliphatic carbocycles. The molecular weight excluding hydrogens is 270 g/mol. The average Bonchev–Trinajstić information content (AvgIpc) is 2.38. The maximum absolute atomic E-state index is 12.3. The summed E-state index contributed by atoms with van der Waals surface area (Å²) in [6.45, 7) is 5.63. The normalized spacial score (nSPS) is 12.4. The van der Waals surface area contributed by atoms with Crippen molar-refractivity contribution in [1.29, 1.82) is 0 Å². The zero-order valence-corrected chi connectivity index (χ0v) is 12.6. The Morgan fingerprint density at radius 1 is 1.05 bits per heavy atom. The fraction of sp³-hybridized carbons (Fsp3) is 0.188. The number of benzene rings is 1. The molecule has 0 N–H and O–H groups in total. The monoisotopic (exact) mass is 287 g/mol. The summed E-state index contributed by atoms with van der Waals surface area (Å²) in [7, 11) is -3.44. The van der Waals surface area contributed by atoms with Gasteiger partial charge in [-0.05, 0) is 56.2 Å². The van der Waals surface area contributed by atoms with Crippen LogP contribution in [0.3, 0.4) is 0 Å². The Labute approximate surface area is 119 Å². The maximum atomic E-state index is 12.3. The fourth-order valence-corrected chi connectivity index (χ4v) is 3.08. The number of pyridine rings is 1. The first kappa shape index (κ1) is 14.5. The van der Waals surface area contributed by atoms with Crippen molar-refractivity contribution in [3.8, 4) is 0 Å². The molecule has 3 nitrogen and oxygen atoms in total. The van der Waals surface area contributed by atoms with Crippen LogP contribution in [0.1, 0.15) is 23.7 Å². The molecule has 1 aromatic heterocycles. The first-order valence-corrected chi connectivity index (χ1v) is 7.86. The SMILES string of the molecule is C/C(=C/S(=O)(=O)c1ccc(C)cc1)c1cc(C)ccn1. The second-order valence-corrected chi connectivity index (χ2v) is 6.67. The third-order valence-corrected chi connectivity index (χ3v) is 4.59. The predicted molar refractivity (Wildman–Crippen MR) is 81.0 cm³/mol. The van der Waals surface area contributed by atoms with E-state index in [2.05, 4.69) is 4.98 Å². The van der Waals surface area contributed by atoms with Crippen molar-refractivity contribution in [1.82, 2.24) is 4.98 Å². The minimum Gasteiger partial charge on any atom is -0.257 e. The second-order valence-electron chi connectivity index (χ2n) is 4.88. The number of allylic oxidation sites excluding steroid dienone is 1. The summed E-state index contributed by atoms with van der Waals surface area (Å²) < 4.78 is 24.6. The summed E-state index contributed by atoms with van der Waals surface area (Å²) >= 11 is 0. The summed E-state index contributed by atoms with van der Waals surface area (Å²) in [5.74, 6) is 0. The van der Waals surface area contributed by atoms with E-state index in [0.29, 0.717) is 16.2 Å². The highest BCUT2D eigenvalue weighted by Gasteiger charge is 2.12. The number of aromatic nitrogens is 1. The molecule has 0 bridgehead atoms. The highest BCUT2D eigenvalue weighted by Crippen LogP contribution is 2.19. The van der Waals surface area contributed by atoms with Gasteiger partial charge >= 0.3 is 0 Å². The van der Waals surface area contributed by atoms with Crippen molar-refractivity contribution >= 4 is 15.4 Å². The fourth-order valence-electron chi connectivity index (χ4n) is 1.84. The predicted octanol–water partition coefficient (Wildman–Crippen LogP) is 3.53. The van der Waals surface area contributed by atoms with Gasteiger partial charge in [-0.3, -0.25) is 4.98 Å². The molecule has 2 rings (SSSR count). The van der Waals surface area contributed by atoms with Crippen LogP contribution in [0.4, 0.5) is 0 Å². The average molecular weight is 287 g/mol. The van der Waals surface area contributed by atoms with Crippen molar-refractivity contribution in [2.75, 3.05) is 0 Å². The summed E-state index contributed by atoms with van der Waals surface area (Å²) in [4.78, 5) is 4.50. The van der Waals surface area contributed by atoms with Gasteiger partial charge in [0.15, 0.2) is 9.84 Å². The largest absolute Gasteiger partial charge is 0.257 e. The van der Waals surface area contributed by atoms with Gasteiger partial charge in [0, 0.05) is 11.6 Å². The van der Waals surface area contributed by atoms with Gasteiger partial charge in [0.2, 0.25) is 0 Å². The van der Waals surface area contributed by atoms with Crippen LogP contribution in [0.15, 0.2) is 52.9 Å². The van der Waals surface area contributed by atoms with Crippen LogP contribution >= 0.6 is 0 Å². The van der Waals surface area contributed by atoms with Crippen LogP contribution in [0.2, 0.25) is 0 Å². The Morgan fingerprint density at radius 3 is 2.30 bits per heavy atom. The summed E-state index contributed by atoms with van der Waals surface area (Å²) in [5, 5.41) is 1.28. The molecule has 4 heteroatoms. The van der Waals surface area contributed by atoms with Crippen LogP contribution < -0.4 is 0 Å². The minimum absolute atomic E-state index is 0.301. The zero-order chi connectivity index (χ0) is 14.8. The second kappa shape index (κ2) is 5.59. The van der Waals surface area contributed by atoms with E-state index in [1.54, 1.807) is 37.4 Å². The molecule has 0 aliphatic heterocycles. The lowest BCUT2D eigenvalue weighted by molar-refractivity contribution is 0.604. The molecule has 0 fully saturated rings. The molecule has 0 unspecified atom stereocenters. The summed E-state index contributed by atoms with van der Waals surface area (Å²) in [6.07, 6.45) is 1.68. The topological polar surface area (TPSA) is 47.0 Å². The minimum atomic E-state index is -3.44. The van der Waals surface area contributed by atoms with Gasteiger partial charge in [-0.2, -0.15) is 0 Å². The third-order valence-electron chi connectivity index (χ3n) is 3.00. The molecular formula is C16H17NO2S. The number of rotatable bonds is 3. The summed E-state index contributed by atoms with van der Waals surface area (Å²) in [5.41, 5.74) is 3.40. The standard InChI is InChI=1S/C16H17NO2S/c1-12-4-6-15(7-5-12)20(18,19)11-14(3)16-10-13(2)8-9-17-16/h4-11H,1-3H3/b14-11-.